The zero-order valence-corrected chi connectivity index (χ0v) is 10.9. The second kappa shape index (κ2) is 5.23. The van der Waals surface area contributed by atoms with E-state index in [9.17, 15) is 4.79 Å². The fourth-order valence-corrected chi connectivity index (χ4v) is 3.26. The van der Waals surface area contributed by atoms with Gasteiger partial charge < -0.3 is 5.32 Å². The van der Waals surface area contributed by atoms with Crippen LogP contribution in [0.1, 0.15) is 35.4 Å². The summed E-state index contributed by atoms with van der Waals surface area (Å²) in [6.45, 7) is 1.06. The molecule has 0 aromatic carbocycles. The summed E-state index contributed by atoms with van der Waals surface area (Å²) in [5.74, 6) is 0.269. The summed E-state index contributed by atoms with van der Waals surface area (Å²) in [5, 5.41) is 5.36. The van der Waals surface area contributed by atoms with Crippen molar-refractivity contribution < 1.29 is 4.79 Å². The second-order valence-electron chi connectivity index (χ2n) is 3.90. The molecule has 1 aromatic rings. The third-order valence-electron chi connectivity index (χ3n) is 2.69. The molecule has 0 radical (unpaired) electrons. The molecule has 1 saturated heterocycles. The fraction of sp³-hybridized carbons (Fsp3) is 0.545. The molecule has 0 saturated carbocycles. The van der Waals surface area contributed by atoms with Crippen LogP contribution in [0.15, 0.2) is 15.9 Å². The number of Topliss-reactive ketones (excluding diaryl/α,β-unsaturated/α-hetero) is 1. The molecule has 0 spiro atoms. The molecule has 82 valence electrons. The Morgan fingerprint density at radius 3 is 3.07 bits per heavy atom. The Labute approximate surface area is 102 Å². The molecule has 0 bridgehead atoms. The van der Waals surface area contributed by atoms with E-state index in [2.05, 4.69) is 21.2 Å². The van der Waals surface area contributed by atoms with Crippen LogP contribution in [0, 0.1) is 0 Å². The molecule has 1 N–H and O–H groups in total. The van der Waals surface area contributed by atoms with E-state index < -0.39 is 0 Å². The molecule has 1 unspecified atom stereocenters. The average molecular weight is 288 g/mol. The van der Waals surface area contributed by atoms with Crippen molar-refractivity contribution in [3.8, 4) is 0 Å². The first-order chi connectivity index (χ1) is 7.25. The Hall–Kier alpha value is -0.190. The van der Waals surface area contributed by atoms with Crippen molar-refractivity contribution in [3.05, 3.63) is 20.8 Å². The Balaban J connectivity index is 1.91. The Bertz CT molecular complexity index is 344. The minimum absolute atomic E-state index is 0.269. The highest BCUT2D eigenvalue weighted by Crippen LogP contribution is 2.22. The molecule has 1 atom stereocenters. The molecule has 2 heterocycles. The van der Waals surface area contributed by atoms with Crippen LogP contribution >= 0.6 is 27.3 Å². The standard InChI is InChI=1S/C11H14BrNOS/c12-8-5-11(15-7-8)10(14)6-9-3-1-2-4-13-9/h5,7,9,13H,1-4,6H2. The van der Waals surface area contributed by atoms with Gasteiger partial charge in [-0.25, -0.2) is 0 Å². The lowest BCUT2D eigenvalue weighted by Crippen LogP contribution is -2.35. The molecule has 1 aliphatic heterocycles. The first-order valence-electron chi connectivity index (χ1n) is 5.26. The van der Waals surface area contributed by atoms with Crippen LogP contribution in [0.2, 0.25) is 0 Å². The Kier molecular flexibility index (Phi) is 3.94. The predicted molar refractivity (Wildman–Crippen MR) is 66.6 cm³/mol. The molecule has 15 heavy (non-hydrogen) atoms. The number of halogens is 1. The lowest BCUT2D eigenvalue weighted by molar-refractivity contribution is 0.0967. The highest BCUT2D eigenvalue weighted by molar-refractivity contribution is 9.10. The van der Waals surface area contributed by atoms with Crippen LogP contribution in [0.4, 0.5) is 0 Å². The quantitative estimate of drug-likeness (QED) is 0.865. The van der Waals surface area contributed by atoms with E-state index in [1.165, 1.54) is 24.2 Å². The third-order valence-corrected chi connectivity index (χ3v) is 4.42. The number of carbonyl (C=O) groups excluding carboxylic acids is 1. The Morgan fingerprint density at radius 2 is 2.47 bits per heavy atom. The van der Waals surface area contributed by atoms with Gasteiger partial charge in [0.2, 0.25) is 0 Å². The number of hydrogen-bond donors (Lipinski definition) is 1. The first kappa shape index (κ1) is 11.3. The number of thiophene rings is 1. The summed E-state index contributed by atoms with van der Waals surface area (Å²) >= 11 is 4.89. The third kappa shape index (κ3) is 3.13. The average Bonchev–Trinajstić information content (AvgIpc) is 2.66. The van der Waals surface area contributed by atoms with Crippen LogP contribution in [0.25, 0.3) is 0 Å². The van der Waals surface area contributed by atoms with Gasteiger partial charge in [-0.05, 0) is 41.4 Å². The maximum atomic E-state index is 11.9. The highest BCUT2D eigenvalue weighted by atomic mass is 79.9. The maximum absolute atomic E-state index is 11.9. The van der Waals surface area contributed by atoms with E-state index in [0.717, 1.165) is 22.3 Å². The van der Waals surface area contributed by atoms with Crippen molar-refractivity contribution in [1.82, 2.24) is 5.32 Å². The first-order valence-corrected chi connectivity index (χ1v) is 6.93. The number of ketones is 1. The van der Waals surface area contributed by atoms with Gasteiger partial charge >= 0.3 is 0 Å². The van der Waals surface area contributed by atoms with E-state index in [1.807, 2.05) is 11.4 Å². The van der Waals surface area contributed by atoms with Gasteiger partial charge in [-0.15, -0.1) is 11.3 Å². The second-order valence-corrected chi connectivity index (χ2v) is 5.73. The number of piperidine rings is 1. The van der Waals surface area contributed by atoms with Gasteiger partial charge in [0.25, 0.3) is 0 Å². The molecule has 1 fully saturated rings. The fourth-order valence-electron chi connectivity index (χ4n) is 1.88. The van der Waals surface area contributed by atoms with Gasteiger partial charge in [0.05, 0.1) is 4.88 Å². The molecule has 2 nitrogen and oxygen atoms in total. The van der Waals surface area contributed by atoms with E-state index in [4.69, 9.17) is 0 Å². The van der Waals surface area contributed by atoms with Gasteiger partial charge in [0.1, 0.15) is 0 Å². The zero-order chi connectivity index (χ0) is 10.7. The summed E-state index contributed by atoms with van der Waals surface area (Å²) in [6, 6.07) is 2.31. The summed E-state index contributed by atoms with van der Waals surface area (Å²) in [6.07, 6.45) is 4.28. The van der Waals surface area contributed by atoms with E-state index >= 15 is 0 Å². The summed E-state index contributed by atoms with van der Waals surface area (Å²) in [7, 11) is 0. The lowest BCUT2D eigenvalue weighted by atomic mass is 10.00. The van der Waals surface area contributed by atoms with Gasteiger partial charge in [0, 0.05) is 22.3 Å². The minimum Gasteiger partial charge on any atom is -0.314 e. The molecular formula is C11H14BrNOS. The van der Waals surface area contributed by atoms with Crippen molar-refractivity contribution >= 4 is 33.0 Å². The topological polar surface area (TPSA) is 29.1 Å². The van der Waals surface area contributed by atoms with Crippen molar-refractivity contribution in [2.24, 2.45) is 0 Å². The molecular weight excluding hydrogens is 274 g/mol. The van der Waals surface area contributed by atoms with Crippen LogP contribution in [0.5, 0.6) is 0 Å². The normalized spacial score (nSPS) is 21.5. The number of hydrogen-bond acceptors (Lipinski definition) is 3. The molecule has 4 heteroatoms. The number of nitrogens with one attached hydrogen (secondary N) is 1. The van der Waals surface area contributed by atoms with Gasteiger partial charge in [-0.2, -0.15) is 0 Å². The molecule has 1 aromatic heterocycles. The smallest absolute Gasteiger partial charge is 0.174 e. The molecule has 1 aliphatic rings. The summed E-state index contributed by atoms with van der Waals surface area (Å²) < 4.78 is 1.01. The SMILES string of the molecule is O=C(CC1CCCCN1)c1cc(Br)cs1. The van der Waals surface area contributed by atoms with Crippen LogP contribution in [0.3, 0.4) is 0 Å². The largest absolute Gasteiger partial charge is 0.314 e. The van der Waals surface area contributed by atoms with Gasteiger partial charge in [-0.3, -0.25) is 4.79 Å². The van der Waals surface area contributed by atoms with E-state index in [0.29, 0.717) is 12.5 Å². The number of rotatable bonds is 3. The molecule has 2 rings (SSSR count). The summed E-state index contributed by atoms with van der Waals surface area (Å²) in [5.41, 5.74) is 0. The molecule has 0 amide bonds. The zero-order valence-electron chi connectivity index (χ0n) is 8.46. The van der Waals surface area contributed by atoms with Crippen LogP contribution in [-0.2, 0) is 0 Å². The predicted octanol–water partition coefficient (Wildman–Crippen LogP) is 3.23. The van der Waals surface area contributed by atoms with Gasteiger partial charge in [0.15, 0.2) is 5.78 Å². The number of carbonyl (C=O) groups is 1. The monoisotopic (exact) mass is 287 g/mol. The van der Waals surface area contributed by atoms with Gasteiger partial charge in [-0.1, -0.05) is 6.42 Å². The van der Waals surface area contributed by atoms with Crippen molar-refractivity contribution in [2.75, 3.05) is 6.54 Å². The van der Waals surface area contributed by atoms with E-state index in [1.54, 1.807) is 0 Å². The summed E-state index contributed by atoms with van der Waals surface area (Å²) in [4.78, 5) is 12.7. The Morgan fingerprint density at radius 1 is 1.60 bits per heavy atom. The van der Waals surface area contributed by atoms with Crippen molar-refractivity contribution in [2.45, 2.75) is 31.7 Å². The minimum atomic E-state index is 0.269. The van der Waals surface area contributed by atoms with Crippen molar-refractivity contribution in [1.29, 1.82) is 0 Å². The van der Waals surface area contributed by atoms with Crippen molar-refractivity contribution in [3.63, 3.8) is 0 Å². The lowest BCUT2D eigenvalue weighted by Gasteiger charge is -2.22. The highest BCUT2D eigenvalue weighted by Gasteiger charge is 2.18. The van der Waals surface area contributed by atoms with E-state index in [-0.39, 0.29) is 5.78 Å². The van der Waals surface area contributed by atoms with Crippen LogP contribution in [-0.4, -0.2) is 18.4 Å². The van der Waals surface area contributed by atoms with Crippen LogP contribution < -0.4 is 5.32 Å². The molecule has 0 aliphatic carbocycles. The maximum Gasteiger partial charge on any atom is 0.174 e.